The average Bonchev–Trinajstić information content (AvgIpc) is 3.06. The molecular formula is C17H22N4O. The van der Waals surface area contributed by atoms with E-state index in [-0.39, 0.29) is 11.9 Å². The number of nitrogens with zero attached hydrogens (tertiary/aromatic N) is 3. The van der Waals surface area contributed by atoms with Crippen molar-refractivity contribution in [2.45, 2.75) is 19.5 Å². The molecule has 0 radical (unpaired) electrons. The summed E-state index contributed by atoms with van der Waals surface area (Å²) in [5.41, 5.74) is 1.92. The van der Waals surface area contributed by atoms with Gasteiger partial charge in [0.25, 0.3) is 5.91 Å². The summed E-state index contributed by atoms with van der Waals surface area (Å²) in [6, 6.07) is 12.4. The Bertz CT molecular complexity index is 637. The Balaban J connectivity index is 1.59. The van der Waals surface area contributed by atoms with Crippen LogP contribution in [0.1, 0.15) is 23.0 Å². The number of aromatic nitrogens is 2. The van der Waals surface area contributed by atoms with Gasteiger partial charge < -0.3 is 5.32 Å². The van der Waals surface area contributed by atoms with Crippen molar-refractivity contribution in [2.24, 2.45) is 13.0 Å². The SMILES string of the molecule is C[C@@H]1CN(Cc2ccccc2)C[C@H]1NC(=O)c1ccnn1C. The molecule has 0 spiro atoms. The molecule has 116 valence electrons. The molecule has 1 aromatic heterocycles. The molecule has 1 saturated heterocycles. The van der Waals surface area contributed by atoms with Crippen molar-refractivity contribution in [3.05, 3.63) is 53.9 Å². The summed E-state index contributed by atoms with van der Waals surface area (Å²) in [4.78, 5) is 14.7. The molecule has 1 aliphatic heterocycles. The van der Waals surface area contributed by atoms with Crippen molar-refractivity contribution < 1.29 is 4.79 Å². The summed E-state index contributed by atoms with van der Waals surface area (Å²) in [7, 11) is 1.79. The Morgan fingerprint density at radius 3 is 2.73 bits per heavy atom. The van der Waals surface area contributed by atoms with Gasteiger partial charge in [-0.25, -0.2) is 0 Å². The molecule has 2 atom stereocenters. The Morgan fingerprint density at radius 1 is 1.27 bits per heavy atom. The number of carbonyl (C=O) groups excluding carboxylic acids is 1. The van der Waals surface area contributed by atoms with Gasteiger partial charge in [0.1, 0.15) is 5.69 Å². The summed E-state index contributed by atoms with van der Waals surface area (Å²) in [6.07, 6.45) is 1.65. The Kier molecular flexibility index (Phi) is 4.24. The smallest absolute Gasteiger partial charge is 0.269 e. The molecule has 5 nitrogen and oxygen atoms in total. The fourth-order valence-corrected chi connectivity index (χ4v) is 3.06. The fourth-order valence-electron chi connectivity index (χ4n) is 3.06. The zero-order valence-corrected chi connectivity index (χ0v) is 13.1. The molecule has 3 rings (SSSR count). The minimum atomic E-state index is -0.0431. The second-order valence-electron chi connectivity index (χ2n) is 6.08. The molecule has 22 heavy (non-hydrogen) atoms. The Labute approximate surface area is 130 Å². The zero-order valence-electron chi connectivity index (χ0n) is 13.1. The highest BCUT2D eigenvalue weighted by molar-refractivity contribution is 5.92. The minimum absolute atomic E-state index is 0.0431. The van der Waals surface area contributed by atoms with Gasteiger partial charge in [-0.15, -0.1) is 0 Å². The largest absolute Gasteiger partial charge is 0.346 e. The van der Waals surface area contributed by atoms with Crippen LogP contribution in [0.25, 0.3) is 0 Å². The van der Waals surface area contributed by atoms with Gasteiger partial charge in [0.05, 0.1) is 0 Å². The quantitative estimate of drug-likeness (QED) is 0.934. The van der Waals surface area contributed by atoms with Gasteiger partial charge in [-0.1, -0.05) is 37.3 Å². The molecule has 5 heteroatoms. The predicted octanol–water partition coefficient (Wildman–Crippen LogP) is 1.67. The van der Waals surface area contributed by atoms with Crippen molar-refractivity contribution in [3.8, 4) is 0 Å². The highest BCUT2D eigenvalue weighted by Crippen LogP contribution is 2.19. The molecule has 0 aliphatic carbocycles. The van der Waals surface area contributed by atoms with E-state index in [1.54, 1.807) is 24.0 Å². The number of aryl methyl sites for hydroxylation is 1. The molecule has 1 amide bonds. The van der Waals surface area contributed by atoms with Crippen LogP contribution in [0, 0.1) is 5.92 Å². The number of amides is 1. The maximum atomic E-state index is 12.3. The second kappa shape index (κ2) is 6.32. The lowest BCUT2D eigenvalue weighted by atomic mass is 10.1. The van der Waals surface area contributed by atoms with Crippen LogP contribution in [0.5, 0.6) is 0 Å². The molecular weight excluding hydrogens is 276 g/mol. The minimum Gasteiger partial charge on any atom is -0.346 e. The van der Waals surface area contributed by atoms with E-state index in [2.05, 4.69) is 46.5 Å². The predicted molar refractivity (Wildman–Crippen MR) is 85.3 cm³/mol. The molecule has 0 bridgehead atoms. The fraction of sp³-hybridized carbons (Fsp3) is 0.412. The van der Waals surface area contributed by atoms with Gasteiger partial charge in [-0.05, 0) is 17.5 Å². The van der Waals surface area contributed by atoms with Gasteiger partial charge in [-0.2, -0.15) is 5.10 Å². The highest BCUT2D eigenvalue weighted by atomic mass is 16.2. The summed E-state index contributed by atoms with van der Waals surface area (Å²) in [5, 5.41) is 7.19. The first-order valence-corrected chi connectivity index (χ1v) is 7.68. The monoisotopic (exact) mass is 298 g/mol. The molecule has 2 aromatic rings. The van der Waals surface area contributed by atoms with Crippen molar-refractivity contribution >= 4 is 5.91 Å². The normalized spacial score (nSPS) is 21.9. The van der Waals surface area contributed by atoms with E-state index in [1.807, 2.05) is 6.07 Å². The first-order chi connectivity index (χ1) is 10.6. The number of carbonyl (C=O) groups is 1. The van der Waals surface area contributed by atoms with E-state index in [9.17, 15) is 4.79 Å². The highest BCUT2D eigenvalue weighted by Gasteiger charge is 2.31. The van der Waals surface area contributed by atoms with E-state index in [4.69, 9.17) is 0 Å². The second-order valence-corrected chi connectivity index (χ2v) is 6.08. The molecule has 1 N–H and O–H groups in total. The first kappa shape index (κ1) is 14.8. The number of nitrogens with one attached hydrogen (secondary N) is 1. The standard InChI is InChI=1S/C17H22N4O/c1-13-10-21(11-14-6-4-3-5-7-14)12-15(13)19-17(22)16-8-9-18-20(16)2/h3-9,13,15H,10-12H2,1-2H3,(H,19,22)/t13-,15-/m1/s1. The van der Waals surface area contributed by atoms with Crippen LogP contribution in [0.2, 0.25) is 0 Å². The summed E-state index contributed by atoms with van der Waals surface area (Å²) in [6.45, 7) is 5.02. The third-order valence-corrected chi connectivity index (χ3v) is 4.31. The van der Waals surface area contributed by atoms with Crippen LogP contribution < -0.4 is 5.32 Å². The third kappa shape index (κ3) is 3.20. The van der Waals surface area contributed by atoms with Crippen LogP contribution in [-0.4, -0.2) is 39.7 Å². The van der Waals surface area contributed by atoms with Gasteiger partial charge in [0, 0.05) is 38.9 Å². The number of likely N-dealkylation sites (tertiary alicyclic amines) is 1. The lowest BCUT2D eigenvalue weighted by molar-refractivity contribution is 0.0922. The third-order valence-electron chi connectivity index (χ3n) is 4.31. The topological polar surface area (TPSA) is 50.2 Å². The van der Waals surface area contributed by atoms with Gasteiger partial charge in [0.2, 0.25) is 0 Å². The summed E-state index contributed by atoms with van der Waals surface area (Å²) >= 11 is 0. The number of benzene rings is 1. The number of hydrogen-bond donors (Lipinski definition) is 1. The lowest BCUT2D eigenvalue weighted by Crippen LogP contribution is -2.40. The van der Waals surface area contributed by atoms with Gasteiger partial charge in [0.15, 0.2) is 0 Å². The lowest BCUT2D eigenvalue weighted by Gasteiger charge is -2.17. The van der Waals surface area contributed by atoms with Crippen LogP contribution in [0.3, 0.4) is 0 Å². The first-order valence-electron chi connectivity index (χ1n) is 7.68. The number of hydrogen-bond acceptors (Lipinski definition) is 3. The van der Waals surface area contributed by atoms with E-state index in [1.165, 1.54) is 5.56 Å². The van der Waals surface area contributed by atoms with Gasteiger partial charge in [-0.3, -0.25) is 14.4 Å². The molecule has 1 aromatic carbocycles. The van der Waals surface area contributed by atoms with Crippen LogP contribution in [0.4, 0.5) is 0 Å². The van der Waals surface area contributed by atoms with Crippen molar-refractivity contribution in [2.75, 3.05) is 13.1 Å². The molecule has 0 unspecified atom stereocenters. The van der Waals surface area contributed by atoms with Crippen LogP contribution >= 0.6 is 0 Å². The molecule has 2 heterocycles. The average molecular weight is 298 g/mol. The Morgan fingerprint density at radius 2 is 2.05 bits per heavy atom. The zero-order chi connectivity index (χ0) is 15.5. The van der Waals surface area contributed by atoms with Crippen molar-refractivity contribution in [1.29, 1.82) is 0 Å². The molecule has 1 aliphatic rings. The van der Waals surface area contributed by atoms with E-state index < -0.39 is 0 Å². The number of rotatable bonds is 4. The van der Waals surface area contributed by atoms with Crippen molar-refractivity contribution in [3.63, 3.8) is 0 Å². The van der Waals surface area contributed by atoms with Crippen LogP contribution in [-0.2, 0) is 13.6 Å². The summed E-state index contributed by atoms with van der Waals surface area (Å²) < 4.78 is 1.61. The van der Waals surface area contributed by atoms with Crippen molar-refractivity contribution in [1.82, 2.24) is 20.0 Å². The van der Waals surface area contributed by atoms with Crippen LogP contribution in [0.15, 0.2) is 42.6 Å². The maximum absolute atomic E-state index is 12.3. The van der Waals surface area contributed by atoms with Gasteiger partial charge >= 0.3 is 0 Å². The maximum Gasteiger partial charge on any atom is 0.269 e. The Hall–Kier alpha value is -2.14. The molecule has 0 saturated carbocycles. The van der Waals surface area contributed by atoms with E-state index >= 15 is 0 Å². The molecule has 1 fully saturated rings. The van der Waals surface area contributed by atoms with E-state index in [0.717, 1.165) is 19.6 Å². The van der Waals surface area contributed by atoms with E-state index in [0.29, 0.717) is 11.6 Å². The summed E-state index contributed by atoms with van der Waals surface area (Å²) in [5.74, 6) is 0.402.